The monoisotopic (exact) mass is 255 g/mol. The lowest BCUT2D eigenvalue weighted by atomic mass is 9.95. The molecule has 2 unspecified atom stereocenters. The maximum Gasteiger partial charge on any atom is 0.224 e. The lowest BCUT2D eigenvalue weighted by molar-refractivity contribution is 0.0496. The molecule has 17 heavy (non-hydrogen) atoms. The Hall–Kier alpha value is -0.870. The second-order valence-corrected chi connectivity index (χ2v) is 4.97. The predicted molar refractivity (Wildman–Crippen MR) is 68.6 cm³/mol. The molecule has 1 aliphatic rings. The summed E-state index contributed by atoms with van der Waals surface area (Å²) in [5, 5.41) is 0.304. The molecule has 0 aliphatic carbocycles. The lowest BCUT2D eigenvalue weighted by Gasteiger charge is -2.37. The van der Waals surface area contributed by atoms with Gasteiger partial charge in [0.05, 0.1) is 6.10 Å². The van der Waals surface area contributed by atoms with Crippen LogP contribution in [0.1, 0.15) is 18.9 Å². The molecule has 94 valence electrons. The average molecular weight is 256 g/mol. The first-order chi connectivity index (χ1) is 8.11. The third-order valence-electron chi connectivity index (χ3n) is 3.41. The highest BCUT2D eigenvalue weighted by molar-refractivity contribution is 6.28. The van der Waals surface area contributed by atoms with Crippen LogP contribution < -0.4 is 4.90 Å². The number of aryl methyl sites for hydroxylation is 1. The maximum atomic E-state index is 5.85. The smallest absolute Gasteiger partial charge is 0.224 e. The van der Waals surface area contributed by atoms with Gasteiger partial charge in [0.25, 0.3) is 0 Å². The van der Waals surface area contributed by atoms with Gasteiger partial charge in [0, 0.05) is 32.0 Å². The van der Waals surface area contributed by atoms with Crippen LogP contribution in [0.15, 0.2) is 6.20 Å². The first kappa shape index (κ1) is 12.6. The van der Waals surface area contributed by atoms with Crippen molar-refractivity contribution in [2.75, 3.05) is 25.1 Å². The summed E-state index contributed by atoms with van der Waals surface area (Å²) in [6.07, 6.45) is 3.14. The highest BCUT2D eigenvalue weighted by Gasteiger charge is 2.27. The first-order valence-corrected chi connectivity index (χ1v) is 6.26. The molecule has 0 radical (unpaired) electrons. The van der Waals surface area contributed by atoms with Gasteiger partial charge >= 0.3 is 0 Å². The zero-order valence-corrected chi connectivity index (χ0v) is 11.2. The molecule has 0 spiro atoms. The van der Waals surface area contributed by atoms with Crippen LogP contribution >= 0.6 is 11.6 Å². The van der Waals surface area contributed by atoms with Crippen LogP contribution in [-0.4, -0.2) is 36.3 Å². The fourth-order valence-electron chi connectivity index (χ4n) is 2.27. The van der Waals surface area contributed by atoms with E-state index in [0.717, 1.165) is 30.9 Å². The molecular formula is C12H18ClN3O. The molecule has 2 heterocycles. The van der Waals surface area contributed by atoms with Gasteiger partial charge in [-0.05, 0) is 30.9 Å². The van der Waals surface area contributed by atoms with E-state index in [2.05, 4.69) is 21.8 Å². The summed E-state index contributed by atoms with van der Waals surface area (Å²) < 4.78 is 5.51. The Morgan fingerprint density at radius 1 is 1.53 bits per heavy atom. The molecule has 1 saturated heterocycles. The minimum atomic E-state index is 0.261. The first-order valence-electron chi connectivity index (χ1n) is 5.88. The number of piperidine rings is 1. The molecule has 0 amide bonds. The van der Waals surface area contributed by atoms with E-state index in [1.165, 1.54) is 0 Å². The molecule has 1 aromatic rings. The third kappa shape index (κ3) is 2.69. The summed E-state index contributed by atoms with van der Waals surface area (Å²) in [6.45, 7) is 6.10. The van der Waals surface area contributed by atoms with E-state index in [0.29, 0.717) is 11.2 Å². The lowest BCUT2D eigenvalue weighted by Crippen LogP contribution is -2.44. The van der Waals surface area contributed by atoms with Crippen LogP contribution in [0.4, 0.5) is 5.82 Å². The molecular weight excluding hydrogens is 238 g/mol. The highest BCUT2D eigenvalue weighted by Crippen LogP contribution is 2.26. The number of aromatic nitrogens is 2. The number of methoxy groups -OCH3 is 1. The number of rotatable bonds is 2. The van der Waals surface area contributed by atoms with Crippen LogP contribution in [0.25, 0.3) is 0 Å². The van der Waals surface area contributed by atoms with Crippen LogP contribution in [-0.2, 0) is 4.74 Å². The van der Waals surface area contributed by atoms with Crippen LogP contribution in [0.2, 0.25) is 5.28 Å². The van der Waals surface area contributed by atoms with E-state index in [9.17, 15) is 0 Å². The quantitative estimate of drug-likeness (QED) is 0.760. The maximum absolute atomic E-state index is 5.85. The fourth-order valence-corrected chi connectivity index (χ4v) is 2.39. The normalized spacial score (nSPS) is 25.1. The van der Waals surface area contributed by atoms with Crippen molar-refractivity contribution in [3.63, 3.8) is 0 Å². The van der Waals surface area contributed by atoms with Crippen molar-refractivity contribution in [2.24, 2.45) is 5.92 Å². The Bertz CT molecular complexity index is 399. The second-order valence-electron chi connectivity index (χ2n) is 4.63. The zero-order chi connectivity index (χ0) is 12.4. The second kappa shape index (κ2) is 5.19. The van der Waals surface area contributed by atoms with Gasteiger partial charge in [-0.15, -0.1) is 0 Å². The van der Waals surface area contributed by atoms with Gasteiger partial charge < -0.3 is 9.64 Å². The number of anilines is 1. The van der Waals surface area contributed by atoms with E-state index in [-0.39, 0.29) is 6.10 Å². The van der Waals surface area contributed by atoms with Gasteiger partial charge in [0.2, 0.25) is 5.28 Å². The average Bonchev–Trinajstić information content (AvgIpc) is 2.33. The summed E-state index contributed by atoms with van der Waals surface area (Å²) >= 11 is 5.85. The van der Waals surface area contributed by atoms with E-state index in [1.54, 1.807) is 13.3 Å². The van der Waals surface area contributed by atoms with Crippen LogP contribution in [0.5, 0.6) is 0 Å². The molecule has 0 aromatic carbocycles. The van der Waals surface area contributed by atoms with E-state index >= 15 is 0 Å². The SMILES string of the molecule is COC1CN(c2nc(Cl)ncc2C)CCC1C. The molecule has 1 aromatic heterocycles. The number of ether oxygens (including phenoxy) is 1. The standard InChI is InChI=1S/C12H18ClN3O/c1-8-4-5-16(7-10(8)17-3)11-9(2)6-14-12(13)15-11/h6,8,10H,4-5,7H2,1-3H3. The minimum absolute atomic E-state index is 0.261. The molecule has 1 aliphatic heterocycles. The Labute approximate surface area is 107 Å². The molecule has 1 fully saturated rings. The Balaban J connectivity index is 2.20. The van der Waals surface area contributed by atoms with Crippen molar-refractivity contribution >= 4 is 17.4 Å². The van der Waals surface area contributed by atoms with E-state index < -0.39 is 0 Å². The summed E-state index contributed by atoms with van der Waals surface area (Å²) in [5.41, 5.74) is 1.05. The van der Waals surface area contributed by atoms with Crippen molar-refractivity contribution in [3.8, 4) is 0 Å². The molecule has 0 bridgehead atoms. The number of hydrogen-bond acceptors (Lipinski definition) is 4. The van der Waals surface area contributed by atoms with E-state index in [4.69, 9.17) is 16.3 Å². The summed E-state index contributed by atoms with van der Waals surface area (Å²) in [6, 6.07) is 0. The Morgan fingerprint density at radius 2 is 2.29 bits per heavy atom. The number of nitrogens with zero attached hydrogens (tertiary/aromatic N) is 3. The highest BCUT2D eigenvalue weighted by atomic mass is 35.5. The largest absolute Gasteiger partial charge is 0.379 e. The van der Waals surface area contributed by atoms with Gasteiger partial charge in [0.1, 0.15) is 5.82 Å². The minimum Gasteiger partial charge on any atom is -0.379 e. The molecule has 4 nitrogen and oxygen atoms in total. The topological polar surface area (TPSA) is 38.2 Å². The number of hydrogen-bond donors (Lipinski definition) is 0. The fraction of sp³-hybridized carbons (Fsp3) is 0.667. The summed E-state index contributed by atoms with van der Waals surface area (Å²) in [5.74, 6) is 1.52. The van der Waals surface area contributed by atoms with Crippen molar-refractivity contribution in [1.29, 1.82) is 0 Å². The Kier molecular flexibility index (Phi) is 3.84. The molecule has 0 saturated carbocycles. The number of halogens is 1. The summed E-state index contributed by atoms with van der Waals surface area (Å²) in [7, 11) is 1.77. The van der Waals surface area contributed by atoms with Gasteiger partial charge in [-0.25, -0.2) is 9.97 Å². The molecule has 5 heteroatoms. The molecule has 2 rings (SSSR count). The van der Waals surface area contributed by atoms with Gasteiger partial charge in [-0.2, -0.15) is 0 Å². The zero-order valence-electron chi connectivity index (χ0n) is 10.5. The van der Waals surface area contributed by atoms with Crippen LogP contribution in [0, 0.1) is 12.8 Å². The van der Waals surface area contributed by atoms with Crippen molar-refractivity contribution < 1.29 is 4.74 Å². The van der Waals surface area contributed by atoms with Gasteiger partial charge in [-0.3, -0.25) is 0 Å². The third-order valence-corrected chi connectivity index (χ3v) is 3.59. The predicted octanol–water partition coefficient (Wildman–Crippen LogP) is 2.30. The summed E-state index contributed by atoms with van der Waals surface area (Å²) in [4.78, 5) is 10.5. The van der Waals surface area contributed by atoms with Crippen LogP contribution in [0.3, 0.4) is 0 Å². The van der Waals surface area contributed by atoms with Gasteiger partial charge in [-0.1, -0.05) is 6.92 Å². The molecule has 2 atom stereocenters. The van der Waals surface area contributed by atoms with Gasteiger partial charge in [0.15, 0.2) is 0 Å². The van der Waals surface area contributed by atoms with Crippen molar-refractivity contribution in [2.45, 2.75) is 26.4 Å². The molecule has 0 N–H and O–H groups in total. The van der Waals surface area contributed by atoms with E-state index in [1.807, 2.05) is 6.92 Å². The Morgan fingerprint density at radius 3 is 3.00 bits per heavy atom. The van der Waals surface area contributed by atoms with Crippen molar-refractivity contribution in [3.05, 3.63) is 17.0 Å². The van der Waals surface area contributed by atoms with Crippen molar-refractivity contribution in [1.82, 2.24) is 9.97 Å².